The molecule has 0 aromatic heterocycles. The van der Waals surface area contributed by atoms with E-state index < -0.39 is 0 Å². The van der Waals surface area contributed by atoms with Crippen molar-refractivity contribution >= 4 is 45.0 Å². The minimum absolute atomic E-state index is 0.0962. The second-order valence-corrected chi connectivity index (χ2v) is 6.93. The second kappa shape index (κ2) is 4.18. The van der Waals surface area contributed by atoms with Crippen LogP contribution in [0.4, 0.5) is 5.69 Å². The molecule has 3 aliphatic rings. The van der Waals surface area contributed by atoms with Gasteiger partial charge in [0, 0.05) is 4.47 Å². The number of halogens is 2. The molecule has 0 unspecified atom stereocenters. The standard InChI is InChI=1S/C15H11BrClNO2/c16-9-3-4-11(10(17)6-9)18-14(19)12-7-1-2-8(5-7)13(12)15(18)20/h1-4,6-8,12-13H,5H2/t7-,8-,12-,13-/m0/s1. The van der Waals surface area contributed by atoms with Gasteiger partial charge in [-0.2, -0.15) is 0 Å². The fourth-order valence-electron chi connectivity index (χ4n) is 3.80. The molecular weight excluding hydrogens is 342 g/mol. The maximum absolute atomic E-state index is 12.6. The maximum atomic E-state index is 12.6. The van der Waals surface area contributed by atoms with Crippen LogP contribution in [0, 0.1) is 23.7 Å². The van der Waals surface area contributed by atoms with Crippen LogP contribution in [-0.2, 0) is 9.59 Å². The van der Waals surface area contributed by atoms with Crippen molar-refractivity contribution in [3.63, 3.8) is 0 Å². The van der Waals surface area contributed by atoms with E-state index in [1.807, 2.05) is 0 Å². The van der Waals surface area contributed by atoms with Gasteiger partial charge in [0.05, 0.1) is 22.5 Å². The average molecular weight is 353 g/mol. The van der Waals surface area contributed by atoms with E-state index in [0.29, 0.717) is 10.7 Å². The molecule has 4 atom stereocenters. The summed E-state index contributed by atoms with van der Waals surface area (Å²) in [4.78, 5) is 26.5. The Balaban J connectivity index is 1.78. The Morgan fingerprint density at radius 1 is 1.10 bits per heavy atom. The molecule has 1 saturated carbocycles. The van der Waals surface area contributed by atoms with E-state index in [1.54, 1.807) is 18.2 Å². The summed E-state index contributed by atoms with van der Waals surface area (Å²) in [5, 5.41) is 0.418. The van der Waals surface area contributed by atoms with Crippen molar-refractivity contribution in [1.82, 2.24) is 0 Å². The van der Waals surface area contributed by atoms with Crippen LogP contribution in [0.25, 0.3) is 0 Å². The normalized spacial score (nSPS) is 34.2. The monoisotopic (exact) mass is 351 g/mol. The fraction of sp³-hybridized carbons (Fsp3) is 0.333. The lowest BCUT2D eigenvalue weighted by molar-refractivity contribution is -0.123. The van der Waals surface area contributed by atoms with E-state index in [0.717, 1.165) is 10.9 Å². The van der Waals surface area contributed by atoms with Crippen LogP contribution in [0.1, 0.15) is 6.42 Å². The predicted molar refractivity (Wildman–Crippen MR) is 79.4 cm³/mol. The quantitative estimate of drug-likeness (QED) is 0.574. The van der Waals surface area contributed by atoms with Crippen molar-refractivity contribution < 1.29 is 9.59 Å². The number of hydrogen-bond donors (Lipinski definition) is 0. The van der Waals surface area contributed by atoms with Crippen molar-refractivity contribution in [2.24, 2.45) is 23.7 Å². The van der Waals surface area contributed by atoms with Crippen molar-refractivity contribution in [3.8, 4) is 0 Å². The summed E-state index contributed by atoms with van der Waals surface area (Å²) in [6.45, 7) is 0. The number of hydrogen-bond acceptors (Lipinski definition) is 2. The summed E-state index contributed by atoms with van der Waals surface area (Å²) in [6, 6.07) is 5.22. The molecule has 1 heterocycles. The largest absolute Gasteiger partial charge is 0.274 e. The van der Waals surface area contributed by atoms with Crippen LogP contribution < -0.4 is 4.90 Å². The van der Waals surface area contributed by atoms with Crippen LogP contribution in [0.5, 0.6) is 0 Å². The van der Waals surface area contributed by atoms with Gasteiger partial charge >= 0.3 is 0 Å². The minimum Gasteiger partial charge on any atom is -0.274 e. The first-order valence-corrected chi connectivity index (χ1v) is 7.76. The molecule has 2 amide bonds. The third-order valence-corrected chi connectivity index (χ3v) is 5.42. The zero-order valence-corrected chi connectivity index (χ0v) is 12.8. The first kappa shape index (κ1) is 12.6. The van der Waals surface area contributed by atoms with Crippen LogP contribution >= 0.6 is 27.5 Å². The summed E-state index contributed by atoms with van der Waals surface area (Å²) >= 11 is 9.52. The zero-order chi connectivity index (χ0) is 14.0. The van der Waals surface area contributed by atoms with Crippen LogP contribution in [0.2, 0.25) is 5.02 Å². The molecule has 2 aliphatic carbocycles. The van der Waals surface area contributed by atoms with Crippen molar-refractivity contribution in [1.29, 1.82) is 0 Å². The number of nitrogens with zero attached hydrogens (tertiary/aromatic N) is 1. The Morgan fingerprint density at radius 3 is 2.25 bits per heavy atom. The van der Waals surface area contributed by atoms with Gasteiger partial charge < -0.3 is 0 Å². The predicted octanol–water partition coefficient (Wildman–Crippen LogP) is 3.41. The number of benzene rings is 1. The van der Waals surface area contributed by atoms with E-state index in [9.17, 15) is 9.59 Å². The zero-order valence-electron chi connectivity index (χ0n) is 10.4. The molecule has 1 saturated heterocycles. The van der Waals surface area contributed by atoms with E-state index in [2.05, 4.69) is 28.1 Å². The molecule has 3 nitrogen and oxygen atoms in total. The first-order chi connectivity index (χ1) is 9.58. The molecule has 4 rings (SSSR count). The Hall–Kier alpha value is -1.13. The third kappa shape index (κ3) is 1.52. The fourth-order valence-corrected chi connectivity index (χ4v) is 4.56. The van der Waals surface area contributed by atoms with Gasteiger partial charge in [-0.05, 0) is 36.5 Å². The van der Waals surface area contributed by atoms with Gasteiger partial charge in [-0.3, -0.25) is 9.59 Å². The van der Waals surface area contributed by atoms with E-state index in [1.165, 1.54) is 4.90 Å². The van der Waals surface area contributed by atoms with Crippen LogP contribution in [-0.4, -0.2) is 11.8 Å². The van der Waals surface area contributed by atoms with Gasteiger partial charge in [0.25, 0.3) is 0 Å². The Bertz CT molecular complexity index is 642. The molecule has 1 aromatic carbocycles. The molecule has 1 aliphatic heterocycles. The Morgan fingerprint density at radius 2 is 1.70 bits per heavy atom. The lowest BCUT2D eigenvalue weighted by Crippen LogP contribution is -2.33. The van der Waals surface area contributed by atoms with Gasteiger partial charge in [-0.1, -0.05) is 39.7 Å². The van der Waals surface area contributed by atoms with Gasteiger partial charge in [-0.25, -0.2) is 4.90 Å². The second-order valence-electron chi connectivity index (χ2n) is 5.61. The molecular formula is C15H11BrClNO2. The summed E-state index contributed by atoms with van der Waals surface area (Å²) in [5.74, 6) is -0.113. The number of allylic oxidation sites excluding steroid dienone is 2. The number of fused-ring (bicyclic) bond motifs is 5. The highest BCUT2D eigenvalue weighted by molar-refractivity contribution is 9.10. The van der Waals surface area contributed by atoms with Crippen LogP contribution in [0.15, 0.2) is 34.8 Å². The number of imide groups is 1. The van der Waals surface area contributed by atoms with Gasteiger partial charge in [-0.15, -0.1) is 0 Å². The number of rotatable bonds is 1. The van der Waals surface area contributed by atoms with E-state index in [4.69, 9.17) is 11.6 Å². The smallest absolute Gasteiger partial charge is 0.238 e. The summed E-state index contributed by atoms with van der Waals surface area (Å²) in [5.41, 5.74) is 0.499. The molecule has 5 heteroatoms. The SMILES string of the molecule is O=C1[C@@H]2[C@@H](C(=O)N1c1ccc(Br)cc1Cl)[C@H]1C=C[C@H]2C1. The molecule has 1 aromatic rings. The van der Waals surface area contributed by atoms with Crippen molar-refractivity contribution in [2.45, 2.75) is 6.42 Å². The topological polar surface area (TPSA) is 37.4 Å². The minimum atomic E-state index is -0.183. The molecule has 2 fully saturated rings. The van der Waals surface area contributed by atoms with Gasteiger partial charge in [0.1, 0.15) is 0 Å². The van der Waals surface area contributed by atoms with Gasteiger partial charge in [0.2, 0.25) is 11.8 Å². The third-order valence-electron chi connectivity index (χ3n) is 4.62. The first-order valence-electron chi connectivity index (χ1n) is 6.59. The highest BCUT2D eigenvalue weighted by atomic mass is 79.9. The lowest BCUT2D eigenvalue weighted by atomic mass is 9.85. The summed E-state index contributed by atoms with van der Waals surface area (Å²) in [7, 11) is 0. The molecule has 0 spiro atoms. The van der Waals surface area contributed by atoms with Gasteiger partial charge in [0.15, 0.2) is 0 Å². The van der Waals surface area contributed by atoms with Crippen molar-refractivity contribution in [2.75, 3.05) is 4.90 Å². The highest BCUT2D eigenvalue weighted by Gasteiger charge is 2.59. The summed E-state index contributed by atoms with van der Waals surface area (Å²) < 4.78 is 0.826. The van der Waals surface area contributed by atoms with Crippen molar-refractivity contribution in [3.05, 3.63) is 39.8 Å². The van der Waals surface area contributed by atoms with E-state index in [-0.39, 0.29) is 35.5 Å². The number of anilines is 1. The molecule has 20 heavy (non-hydrogen) atoms. The Kier molecular flexibility index (Phi) is 2.63. The van der Waals surface area contributed by atoms with E-state index >= 15 is 0 Å². The average Bonchev–Trinajstić information content (AvgIpc) is 3.06. The molecule has 0 radical (unpaired) electrons. The summed E-state index contributed by atoms with van der Waals surface area (Å²) in [6.07, 6.45) is 5.11. The number of carbonyl (C=O) groups excluding carboxylic acids is 2. The lowest BCUT2D eigenvalue weighted by Gasteiger charge is -2.18. The molecule has 2 bridgehead atoms. The van der Waals surface area contributed by atoms with Crippen LogP contribution in [0.3, 0.4) is 0 Å². The Labute approximate surface area is 129 Å². The number of carbonyl (C=O) groups is 2. The maximum Gasteiger partial charge on any atom is 0.238 e. The number of amides is 2. The molecule has 0 N–H and O–H groups in total. The highest BCUT2D eigenvalue weighted by Crippen LogP contribution is 2.53. The molecule has 102 valence electrons.